The van der Waals surface area contributed by atoms with Crippen LogP contribution in [0.5, 0.6) is 0 Å². The largest absolute Gasteiger partial charge is 0.472 e. The Hall–Kier alpha value is -5.87. The Morgan fingerprint density at radius 1 is 0.214 bits per heavy atom. The lowest BCUT2D eigenvalue weighted by Crippen LogP contribution is -2.30. The molecule has 0 fully saturated rings. The quantitative estimate of drug-likeness (QED) is 0.0146. The van der Waals surface area contributed by atoms with Gasteiger partial charge < -0.3 is 34.2 Å². The van der Waals surface area contributed by atoms with E-state index in [9.17, 15) is 43.5 Å². The van der Waals surface area contributed by atoms with Crippen molar-refractivity contribution in [1.29, 1.82) is 0 Å². The number of ether oxygens (including phenoxy) is 3. The molecule has 0 aromatic rings. The molecule has 0 radical (unpaired) electrons. The summed E-state index contributed by atoms with van der Waals surface area (Å²) in [5.74, 6) is -1.57. The minimum Gasteiger partial charge on any atom is -0.463 e. The van der Waals surface area contributed by atoms with Crippen LogP contribution < -0.4 is 0 Å². The van der Waals surface area contributed by atoms with Crippen LogP contribution in [0.25, 0.3) is 0 Å². The van der Waals surface area contributed by atoms with Crippen LogP contribution in [0.1, 0.15) is 432 Å². The van der Waals surface area contributed by atoms with E-state index in [4.69, 9.17) is 32.3 Å². The molecule has 18 heteroatoms. The van der Waals surface area contributed by atoms with E-state index in [-0.39, 0.29) is 19.3 Å². The number of aliphatic hydroxyl groups excluding tert-OH is 2. The van der Waals surface area contributed by atoms with Crippen molar-refractivity contribution < 1.29 is 75.8 Å². The number of esters is 3. The predicted octanol–water partition coefficient (Wildman–Crippen LogP) is 33.5. The number of hydrogen-bond acceptors (Lipinski definition) is 14. The van der Waals surface area contributed by atoms with Gasteiger partial charge in [0.25, 0.3) is 0 Å². The summed E-state index contributed by atoms with van der Waals surface area (Å²) in [5, 5.41) is 20.8. The third-order valence-electron chi connectivity index (χ3n) is 22.0. The number of aliphatic hydroxyl groups is 2. The first-order valence-corrected chi connectivity index (χ1v) is 55.4. The van der Waals surface area contributed by atoms with Crippen molar-refractivity contribution in [3.8, 4) is 0 Å². The normalized spacial score (nSPS) is 14.5. The Morgan fingerprint density at radius 2 is 0.382 bits per heavy atom. The maximum absolute atomic E-state index is 13.1. The van der Waals surface area contributed by atoms with Gasteiger partial charge in [-0.15, -0.1) is 0 Å². The van der Waals surface area contributed by atoms with Crippen molar-refractivity contribution in [3.63, 3.8) is 0 Å². The Kier molecular flexibility index (Phi) is 98.4. The average molecular weight is 1870 g/mol. The molecule has 0 amide bonds. The molecule has 0 bridgehead atoms. The van der Waals surface area contributed by atoms with Crippen molar-refractivity contribution in [2.24, 2.45) is 0 Å². The van der Waals surface area contributed by atoms with Crippen LogP contribution in [0, 0.1) is 0 Å². The zero-order valence-corrected chi connectivity index (χ0v) is 84.7. The van der Waals surface area contributed by atoms with Crippen LogP contribution >= 0.6 is 15.6 Å². The van der Waals surface area contributed by atoms with E-state index in [1.54, 1.807) is 0 Å². The van der Waals surface area contributed by atoms with Gasteiger partial charge in [-0.05, 0) is 167 Å². The highest BCUT2D eigenvalue weighted by molar-refractivity contribution is 7.47. The monoisotopic (exact) mass is 1870 g/mol. The number of carbonyl (C=O) groups excluding carboxylic acids is 3. The van der Waals surface area contributed by atoms with Crippen LogP contribution in [0.2, 0.25) is 0 Å². The number of phosphoric ester groups is 2. The second-order valence-electron chi connectivity index (χ2n) is 34.6. The molecule has 0 aliphatic rings. The highest BCUT2D eigenvalue weighted by Crippen LogP contribution is 2.45. The van der Waals surface area contributed by atoms with Gasteiger partial charge in [-0.2, -0.15) is 0 Å². The third kappa shape index (κ3) is 104. The molecule has 0 aliphatic carbocycles. The van der Waals surface area contributed by atoms with E-state index >= 15 is 0 Å². The summed E-state index contributed by atoms with van der Waals surface area (Å²) < 4.78 is 61.7. The summed E-state index contributed by atoms with van der Waals surface area (Å²) in [6.07, 6.45) is 140. The molecule has 0 aromatic heterocycles. The highest BCUT2D eigenvalue weighted by Gasteiger charge is 2.30. The molecule has 0 saturated heterocycles. The molecule has 5 atom stereocenters. The minimum absolute atomic E-state index is 0.0899. The molecule has 0 spiro atoms. The Labute approximate surface area is 800 Å². The molecule has 5 unspecified atom stereocenters. The fourth-order valence-electron chi connectivity index (χ4n) is 14.2. The van der Waals surface area contributed by atoms with E-state index in [0.29, 0.717) is 19.3 Å². The van der Waals surface area contributed by atoms with Crippen molar-refractivity contribution >= 4 is 33.6 Å². The molecule has 0 heterocycles. The summed E-state index contributed by atoms with van der Waals surface area (Å²) >= 11 is 0. The minimum atomic E-state index is -4.95. The van der Waals surface area contributed by atoms with Gasteiger partial charge in [0.15, 0.2) is 6.10 Å². The van der Waals surface area contributed by atoms with Gasteiger partial charge >= 0.3 is 33.6 Å². The van der Waals surface area contributed by atoms with Crippen molar-refractivity contribution in [1.82, 2.24) is 0 Å². The molecule has 0 rings (SSSR count). The van der Waals surface area contributed by atoms with E-state index in [0.717, 1.165) is 193 Å². The van der Waals surface area contributed by atoms with Crippen molar-refractivity contribution in [2.45, 2.75) is 450 Å². The third-order valence-corrected chi connectivity index (χ3v) is 23.9. The summed E-state index contributed by atoms with van der Waals surface area (Å²) in [7, 11) is -9.83. The maximum atomic E-state index is 13.1. The fraction of sp³-hybridized carbons (Fsp3) is 0.673. The smallest absolute Gasteiger partial charge is 0.463 e. The predicted molar refractivity (Wildman–Crippen MR) is 555 cm³/mol. The first-order chi connectivity index (χ1) is 64.2. The van der Waals surface area contributed by atoms with Crippen LogP contribution in [0.4, 0.5) is 0 Å². The first-order valence-electron chi connectivity index (χ1n) is 52.4. The molecule has 748 valence electrons. The highest BCUT2D eigenvalue weighted by atomic mass is 31.2. The van der Waals surface area contributed by atoms with Gasteiger partial charge in [-0.25, -0.2) is 9.13 Å². The van der Waals surface area contributed by atoms with Crippen molar-refractivity contribution in [3.05, 3.63) is 207 Å². The molecular weight excluding hydrogens is 1680 g/mol. The van der Waals surface area contributed by atoms with Gasteiger partial charge in [-0.3, -0.25) is 32.5 Å². The lowest BCUT2D eigenvalue weighted by molar-refractivity contribution is -0.161. The Bertz CT molecular complexity index is 3210. The van der Waals surface area contributed by atoms with Gasteiger partial charge in [0.1, 0.15) is 25.4 Å². The molecule has 0 saturated carbocycles. The molecule has 0 aromatic carbocycles. The molecule has 131 heavy (non-hydrogen) atoms. The lowest BCUT2D eigenvalue weighted by Gasteiger charge is -2.21. The zero-order valence-electron chi connectivity index (χ0n) is 82.9. The van der Waals surface area contributed by atoms with Gasteiger partial charge in [0, 0.05) is 19.3 Å². The zero-order chi connectivity index (χ0) is 95.0. The van der Waals surface area contributed by atoms with Crippen LogP contribution in [0.15, 0.2) is 207 Å². The molecular formula is C113H190O16P2. The van der Waals surface area contributed by atoms with Gasteiger partial charge in [-0.1, -0.05) is 452 Å². The summed E-state index contributed by atoms with van der Waals surface area (Å²) in [5.41, 5.74) is 0. The topological polar surface area (TPSA) is 231 Å². The van der Waals surface area contributed by atoms with E-state index in [1.807, 2.05) is 0 Å². The van der Waals surface area contributed by atoms with Crippen LogP contribution in [-0.4, -0.2) is 95.9 Å². The first kappa shape index (κ1) is 125. The number of unbranched alkanes of at least 4 members (excludes halogenated alkanes) is 41. The van der Waals surface area contributed by atoms with Gasteiger partial charge in [0.05, 0.1) is 26.4 Å². The Balaban J connectivity index is 4.60. The fourth-order valence-corrected chi connectivity index (χ4v) is 15.8. The van der Waals surface area contributed by atoms with E-state index in [2.05, 4.69) is 227 Å². The summed E-state index contributed by atoms with van der Waals surface area (Å²) in [6, 6.07) is 0. The van der Waals surface area contributed by atoms with E-state index in [1.165, 1.54) is 180 Å². The summed E-state index contributed by atoms with van der Waals surface area (Å²) in [6.45, 7) is 2.39. The van der Waals surface area contributed by atoms with E-state index < -0.39 is 91.5 Å². The second kappa shape index (κ2) is 103. The maximum Gasteiger partial charge on any atom is 0.472 e. The average Bonchev–Trinajstić information content (AvgIpc) is 0.885. The number of allylic oxidation sites excluding steroid dienone is 34. The number of phosphoric acid groups is 2. The van der Waals surface area contributed by atoms with Crippen LogP contribution in [-0.2, 0) is 55.8 Å². The van der Waals surface area contributed by atoms with Crippen molar-refractivity contribution in [2.75, 3.05) is 39.6 Å². The summed E-state index contributed by atoms with van der Waals surface area (Å²) in [4.78, 5) is 59.3. The lowest BCUT2D eigenvalue weighted by atomic mass is 10.0. The molecule has 0 aliphatic heterocycles. The number of carbonyl (C=O) groups is 3. The number of rotatable bonds is 98. The molecule has 4 N–H and O–H groups in total. The number of hydrogen-bond donors (Lipinski definition) is 4. The van der Waals surface area contributed by atoms with Crippen LogP contribution in [0.3, 0.4) is 0 Å². The van der Waals surface area contributed by atoms with Gasteiger partial charge in [0.2, 0.25) is 0 Å². The SMILES string of the molecule is CC/C=C\C/C=C\C/C=C\C/C=C\C/C=C\C/C=C\CCCCCCCCCCCCCCCCCCC(=O)OCC(O)COP(=O)(O)OCC(O)COP(=O)(O)OCC(COC(=O)CCCCCCCCCCCCCCCCCCC/C=C\C/C=C\C/C=C\C/C=C\C/C=C\CC)OC(=O)CCCCCCCCCC/C=C\C/C=C\C/C=C\C/C=C\C/C=C\C/C=C\CC. The standard InChI is InChI=1S/C113H190O16P2/c1-4-7-10-13-16-19-22-25-28-31-34-37-40-43-46-48-50-52-53-55-57-58-61-63-66-69-72-75-78-81-84-87-90-93-96-99-111(116)123-102-108(114)103-125-130(119,120)126-104-109(115)105-127-131(121,122)128-107-110(129-113(118)101-98-95-92-89-86-83-80-77-74-71-68-65-60-45-42-39-36-33-30-27-24-21-18-15-12-9-6-3)106-124-112(117)100-97-94-91-88-85-82-79-76-73-70-67-64-62-59-56-54-51-49-47-44-41-38-35-32-29-26-23-20-17-14-11-8-5-2/h7-12,16-21,25-30,34-39,43-47,50,52,60,68,71,108-110,114-115H,4-6,13-15,22-24,31-33,40-42,48-49,51,53-59,61-67,69-70,72-107H2,1-3H3,(H,119,120)(H,121,122)/b10-7-,11-8-,12-9-,19-16-,20-17-,21-18-,28-25-,29-26-,30-27-,37-34-,38-35-,39-36-,46-43-,47-44-,52-50-,60-45-,71-68-. The molecule has 16 nitrogen and oxygen atoms in total. The second-order valence-corrected chi connectivity index (χ2v) is 37.5. The Morgan fingerprint density at radius 3 is 0.603 bits per heavy atom.